The van der Waals surface area contributed by atoms with Crippen molar-refractivity contribution in [2.24, 2.45) is 0 Å². The molecule has 0 fully saturated rings. The molecule has 3 aromatic heterocycles. The fourth-order valence-corrected chi connectivity index (χ4v) is 2.46. The fraction of sp³-hybridized carbons (Fsp3) is 0.333. The second-order valence-corrected chi connectivity index (χ2v) is 6.11. The van der Waals surface area contributed by atoms with Crippen molar-refractivity contribution in [3.05, 3.63) is 58.7 Å². The highest BCUT2D eigenvalue weighted by atomic mass is 15.0. The number of hydrogen-bond acceptors (Lipinski definition) is 6. The van der Waals surface area contributed by atoms with Gasteiger partial charge in [0.25, 0.3) is 0 Å². The summed E-state index contributed by atoms with van der Waals surface area (Å²) in [6, 6.07) is 4.13. The Balaban J connectivity index is 1.59. The number of anilines is 2. The van der Waals surface area contributed by atoms with Crippen molar-refractivity contribution in [2.75, 3.05) is 10.6 Å². The highest BCUT2D eigenvalue weighted by Gasteiger charge is 2.05. The van der Waals surface area contributed by atoms with E-state index in [4.69, 9.17) is 0 Å². The predicted molar refractivity (Wildman–Crippen MR) is 98.5 cm³/mol. The summed E-state index contributed by atoms with van der Waals surface area (Å²) in [5.41, 5.74) is 5.77. The van der Waals surface area contributed by atoms with E-state index in [0.717, 1.165) is 45.8 Å². The molecule has 3 heterocycles. The molecule has 130 valence electrons. The molecule has 0 amide bonds. The SMILES string of the molecule is Cc1cnc(C)c(NCc2ccc(CNc3nc(C)cnc3C)[nH]2)n1. The van der Waals surface area contributed by atoms with Crippen molar-refractivity contribution >= 4 is 11.6 Å². The lowest BCUT2D eigenvalue weighted by Crippen LogP contribution is -2.07. The van der Waals surface area contributed by atoms with Gasteiger partial charge in [0, 0.05) is 23.8 Å². The minimum atomic E-state index is 0.669. The van der Waals surface area contributed by atoms with Gasteiger partial charge < -0.3 is 15.6 Å². The van der Waals surface area contributed by atoms with Crippen LogP contribution in [0.5, 0.6) is 0 Å². The Morgan fingerprint density at radius 2 is 1.20 bits per heavy atom. The number of nitrogens with one attached hydrogen (secondary N) is 3. The van der Waals surface area contributed by atoms with E-state index in [9.17, 15) is 0 Å². The molecule has 25 heavy (non-hydrogen) atoms. The van der Waals surface area contributed by atoms with Crippen LogP contribution >= 0.6 is 0 Å². The van der Waals surface area contributed by atoms with E-state index in [2.05, 4.69) is 47.7 Å². The molecule has 0 radical (unpaired) electrons. The van der Waals surface area contributed by atoms with E-state index < -0.39 is 0 Å². The molecule has 3 N–H and O–H groups in total. The van der Waals surface area contributed by atoms with Crippen LogP contribution in [-0.4, -0.2) is 24.9 Å². The molecule has 0 atom stereocenters. The van der Waals surface area contributed by atoms with Gasteiger partial charge in [-0.1, -0.05) is 0 Å². The van der Waals surface area contributed by atoms with Gasteiger partial charge in [-0.25, -0.2) is 9.97 Å². The Bertz CT molecular complexity index is 800. The molecule has 0 saturated heterocycles. The van der Waals surface area contributed by atoms with Crippen molar-refractivity contribution in [1.29, 1.82) is 0 Å². The third-order valence-corrected chi connectivity index (χ3v) is 3.85. The average molecular weight is 337 g/mol. The molecular formula is C18H23N7. The van der Waals surface area contributed by atoms with Gasteiger partial charge in [-0.3, -0.25) is 9.97 Å². The van der Waals surface area contributed by atoms with Crippen molar-refractivity contribution in [1.82, 2.24) is 24.9 Å². The zero-order valence-corrected chi connectivity index (χ0v) is 15.0. The van der Waals surface area contributed by atoms with Gasteiger partial charge in [0.15, 0.2) is 0 Å². The molecule has 0 saturated carbocycles. The van der Waals surface area contributed by atoms with Gasteiger partial charge in [-0.05, 0) is 39.8 Å². The van der Waals surface area contributed by atoms with Gasteiger partial charge in [0.05, 0.1) is 35.9 Å². The summed E-state index contributed by atoms with van der Waals surface area (Å²) in [7, 11) is 0. The van der Waals surface area contributed by atoms with Crippen molar-refractivity contribution < 1.29 is 0 Å². The van der Waals surface area contributed by atoms with Crippen LogP contribution in [0.15, 0.2) is 24.5 Å². The molecular weight excluding hydrogens is 314 g/mol. The van der Waals surface area contributed by atoms with E-state index in [1.165, 1.54) is 0 Å². The van der Waals surface area contributed by atoms with Crippen LogP contribution < -0.4 is 10.6 Å². The average Bonchev–Trinajstić information content (AvgIpc) is 3.04. The number of aromatic amines is 1. The minimum absolute atomic E-state index is 0.669. The van der Waals surface area contributed by atoms with Crippen molar-refractivity contribution in [3.8, 4) is 0 Å². The molecule has 0 aromatic carbocycles. The van der Waals surface area contributed by atoms with Crippen LogP contribution in [0.2, 0.25) is 0 Å². The molecule has 7 heteroatoms. The van der Waals surface area contributed by atoms with E-state index >= 15 is 0 Å². The Morgan fingerprint density at radius 3 is 1.64 bits per heavy atom. The van der Waals surface area contributed by atoms with Gasteiger partial charge in [0.2, 0.25) is 0 Å². The normalized spacial score (nSPS) is 10.7. The van der Waals surface area contributed by atoms with Gasteiger partial charge in [-0.2, -0.15) is 0 Å². The molecule has 0 aliphatic rings. The Kier molecular flexibility index (Phi) is 4.92. The fourth-order valence-electron chi connectivity index (χ4n) is 2.46. The summed E-state index contributed by atoms with van der Waals surface area (Å²) in [6.45, 7) is 9.11. The number of nitrogens with zero attached hydrogens (tertiary/aromatic N) is 4. The molecule has 0 spiro atoms. The Labute approximate surface area is 147 Å². The lowest BCUT2D eigenvalue weighted by molar-refractivity contribution is 0.963. The van der Waals surface area contributed by atoms with E-state index in [1.54, 1.807) is 12.4 Å². The standard InChI is InChI=1S/C18H23N7/c1-11-7-19-13(3)17(23-11)21-9-15-5-6-16(25-15)10-22-18-14(4)20-8-12(2)24-18/h5-8,25H,9-10H2,1-4H3,(H,21,23)(H,22,24). The van der Waals surface area contributed by atoms with E-state index in [1.807, 2.05) is 27.7 Å². The summed E-state index contributed by atoms with van der Waals surface area (Å²) < 4.78 is 0. The summed E-state index contributed by atoms with van der Waals surface area (Å²) in [5, 5.41) is 6.65. The monoisotopic (exact) mass is 337 g/mol. The summed E-state index contributed by atoms with van der Waals surface area (Å²) in [6.07, 6.45) is 3.55. The van der Waals surface area contributed by atoms with E-state index in [0.29, 0.717) is 13.1 Å². The van der Waals surface area contributed by atoms with Crippen molar-refractivity contribution in [3.63, 3.8) is 0 Å². The first-order chi connectivity index (χ1) is 12.0. The summed E-state index contributed by atoms with van der Waals surface area (Å²) in [5.74, 6) is 1.64. The number of hydrogen-bond donors (Lipinski definition) is 3. The summed E-state index contributed by atoms with van der Waals surface area (Å²) >= 11 is 0. The molecule has 3 aromatic rings. The molecule has 3 rings (SSSR count). The first kappa shape index (κ1) is 16.9. The topological polar surface area (TPSA) is 91.4 Å². The zero-order valence-electron chi connectivity index (χ0n) is 15.0. The summed E-state index contributed by atoms with van der Waals surface area (Å²) in [4.78, 5) is 21.0. The molecule has 0 unspecified atom stereocenters. The Hall–Kier alpha value is -2.96. The third-order valence-electron chi connectivity index (χ3n) is 3.85. The van der Waals surface area contributed by atoms with Gasteiger partial charge in [-0.15, -0.1) is 0 Å². The van der Waals surface area contributed by atoms with Crippen LogP contribution in [0.25, 0.3) is 0 Å². The minimum Gasteiger partial charge on any atom is -0.363 e. The lowest BCUT2D eigenvalue weighted by Gasteiger charge is -2.08. The molecule has 0 aliphatic carbocycles. The smallest absolute Gasteiger partial charge is 0.148 e. The van der Waals surface area contributed by atoms with Crippen LogP contribution in [0.3, 0.4) is 0 Å². The molecule has 0 aliphatic heterocycles. The predicted octanol–water partition coefficient (Wildman–Crippen LogP) is 3.05. The Morgan fingerprint density at radius 1 is 0.760 bits per heavy atom. The van der Waals surface area contributed by atoms with Gasteiger partial charge >= 0.3 is 0 Å². The quantitative estimate of drug-likeness (QED) is 0.640. The molecule has 7 nitrogen and oxygen atoms in total. The second-order valence-electron chi connectivity index (χ2n) is 6.11. The molecule has 0 bridgehead atoms. The van der Waals surface area contributed by atoms with E-state index in [-0.39, 0.29) is 0 Å². The van der Waals surface area contributed by atoms with Crippen LogP contribution in [0, 0.1) is 27.7 Å². The number of rotatable bonds is 6. The highest BCUT2D eigenvalue weighted by molar-refractivity contribution is 5.41. The number of aromatic nitrogens is 5. The maximum atomic E-state index is 4.47. The lowest BCUT2D eigenvalue weighted by atomic mass is 10.3. The zero-order chi connectivity index (χ0) is 17.8. The highest BCUT2D eigenvalue weighted by Crippen LogP contribution is 2.13. The largest absolute Gasteiger partial charge is 0.363 e. The second kappa shape index (κ2) is 7.29. The van der Waals surface area contributed by atoms with Crippen LogP contribution in [-0.2, 0) is 13.1 Å². The van der Waals surface area contributed by atoms with Crippen LogP contribution in [0.1, 0.15) is 34.2 Å². The number of aryl methyl sites for hydroxylation is 4. The maximum Gasteiger partial charge on any atom is 0.148 e. The number of H-pyrrole nitrogens is 1. The first-order valence-electron chi connectivity index (χ1n) is 8.26. The first-order valence-corrected chi connectivity index (χ1v) is 8.26. The van der Waals surface area contributed by atoms with Gasteiger partial charge in [0.1, 0.15) is 11.6 Å². The third kappa shape index (κ3) is 4.32. The van der Waals surface area contributed by atoms with Crippen LogP contribution in [0.4, 0.5) is 11.6 Å². The van der Waals surface area contributed by atoms with Crippen molar-refractivity contribution in [2.45, 2.75) is 40.8 Å². The maximum absolute atomic E-state index is 4.47.